The third-order valence-electron chi connectivity index (χ3n) is 4.76. The highest BCUT2D eigenvalue weighted by Crippen LogP contribution is 2.13. The molecule has 0 aromatic heterocycles. The number of carbonyl (C=O) groups is 1. The van der Waals surface area contributed by atoms with Crippen LogP contribution in [0.1, 0.15) is 96.5 Å². The minimum absolute atomic E-state index is 0. The van der Waals surface area contributed by atoms with E-state index < -0.39 is 0 Å². The molecule has 0 aliphatic carbocycles. The van der Waals surface area contributed by atoms with Crippen molar-refractivity contribution in [2.45, 2.75) is 97.5 Å². The molecule has 0 aliphatic rings. The van der Waals surface area contributed by atoms with Crippen LogP contribution in [-0.4, -0.2) is 12.5 Å². The zero-order chi connectivity index (χ0) is 18.9. The molecule has 1 rings (SSSR count). The van der Waals surface area contributed by atoms with Crippen molar-refractivity contribution in [1.82, 2.24) is 0 Å². The maximum atomic E-state index is 10.8. The van der Waals surface area contributed by atoms with Gasteiger partial charge in [-0.3, -0.25) is 4.79 Å². The maximum Gasteiger partial charge on any atom is 0.302 e. The molecule has 0 unspecified atom stereocenters. The quantitative estimate of drug-likeness (QED) is 0.214. The van der Waals surface area contributed by atoms with E-state index in [-0.39, 0.29) is 23.0 Å². The Morgan fingerprint density at radius 3 is 1.78 bits per heavy atom. The zero-order valence-corrected chi connectivity index (χ0v) is 19.1. The molecular formula is C23H40BrNO2. The van der Waals surface area contributed by atoms with Crippen molar-refractivity contribution >= 4 is 28.6 Å². The van der Waals surface area contributed by atoms with Crippen LogP contribution < -0.4 is 5.32 Å². The number of rotatable bonds is 16. The Morgan fingerprint density at radius 1 is 0.815 bits per heavy atom. The van der Waals surface area contributed by atoms with Gasteiger partial charge in [0, 0.05) is 19.2 Å². The van der Waals surface area contributed by atoms with Gasteiger partial charge in [0.05, 0.1) is 0 Å². The number of hydrogen-bond donors (Lipinski definition) is 1. The standard InChI is InChI=1S/C23H39NO2.BrH/c1-3-4-5-6-7-8-9-10-11-12-13-14-19-24-23-17-15-22(16-18-23)20-26-21(2)25;/h15-18,24H,3-14,19-20H2,1-2H3;1H. The van der Waals surface area contributed by atoms with E-state index in [1.807, 2.05) is 12.1 Å². The molecule has 3 nitrogen and oxygen atoms in total. The molecule has 0 fully saturated rings. The fraction of sp³-hybridized carbons (Fsp3) is 0.696. The summed E-state index contributed by atoms with van der Waals surface area (Å²) in [6.45, 7) is 5.10. The second kappa shape index (κ2) is 18.3. The van der Waals surface area contributed by atoms with Crippen LogP contribution in [0.4, 0.5) is 5.69 Å². The van der Waals surface area contributed by atoms with E-state index in [0.717, 1.165) is 17.8 Å². The van der Waals surface area contributed by atoms with Crippen LogP contribution in [0.15, 0.2) is 24.3 Å². The van der Waals surface area contributed by atoms with Gasteiger partial charge in [-0.2, -0.15) is 0 Å². The van der Waals surface area contributed by atoms with Gasteiger partial charge in [0.15, 0.2) is 0 Å². The fourth-order valence-electron chi connectivity index (χ4n) is 3.10. The molecule has 0 saturated carbocycles. The zero-order valence-electron chi connectivity index (χ0n) is 17.4. The average Bonchev–Trinajstić information content (AvgIpc) is 2.64. The summed E-state index contributed by atoms with van der Waals surface area (Å²) in [6.07, 6.45) is 16.6. The lowest BCUT2D eigenvalue weighted by Crippen LogP contribution is -2.02. The molecule has 1 aromatic carbocycles. The summed E-state index contributed by atoms with van der Waals surface area (Å²) in [4.78, 5) is 10.8. The molecule has 0 radical (unpaired) electrons. The van der Waals surface area contributed by atoms with Crippen molar-refractivity contribution in [2.75, 3.05) is 11.9 Å². The minimum atomic E-state index is -0.237. The van der Waals surface area contributed by atoms with E-state index in [4.69, 9.17) is 4.74 Å². The Labute approximate surface area is 177 Å². The lowest BCUT2D eigenvalue weighted by molar-refractivity contribution is -0.142. The predicted octanol–water partition coefficient (Wildman–Crippen LogP) is 7.44. The summed E-state index contributed by atoms with van der Waals surface area (Å²) in [5.41, 5.74) is 2.16. The highest BCUT2D eigenvalue weighted by molar-refractivity contribution is 8.93. The van der Waals surface area contributed by atoms with Gasteiger partial charge in [0.25, 0.3) is 0 Å². The highest BCUT2D eigenvalue weighted by Gasteiger charge is 1.98. The van der Waals surface area contributed by atoms with E-state index in [1.165, 1.54) is 84.0 Å². The molecule has 156 valence electrons. The first-order valence-corrected chi connectivity index (χ1v) is 10.7. The van der Waals surface area contributed by atoms with Crippen molar-refractivity contribution in [3.8, 4) is 0 Å². The van der Waals surface area contributed by atoms with Crippen LogP contribution in [0.2, 0.25) is 0 Å². The second-order valence-electron chi connectivity index (χ2n) is 7.29. The first-order valence-electron chi connectivity index (χ1n) is 10.7. The SMILES string of the molecule is Br.CCCCCCCCCCCCCCNc1ccc(COC(C)=O)cc1. The van der Waals surface area contributed by atoms with Crippen LogP contribution in [0.25, 0.3) is 0 Å². The molecule has 0 saturated heterocycles. The van der Waals surface area contributed by atoms with Crippen LogP contribution in [0.5, 0.6) is 0 Å². The van der Waals surface area contributed by atoms with Gasteiger partial charge in [-0.05, 0) is 24.1 Å². The normalized spacial score (nSPS) is 10.3. The fourth-order valence-corrected chi connectivity index (χ4v) is 3.10. The smallest absolute Gasteiger partial charge is 0.302 e. The van der Waals surface area contributed by atoms with Gasteiger partial charge in [-0.25, -0.2) is 0 Å². The Morgan fingerprint density at radius 2 is 1.30 bits per heavy atom. The number of benzene rings is 1. The molecular weight excluding hydrogens is 402 g/mol. The third kappa shape index (κ3) is 15.7. The third-order valence-corrected chi connectivity index (χ3v) is 4.76. The van der Waals surface area contributed by atoms with Gasteiger partial charge in [-0.15, -0.1) is 17.0 Å². The Hall–Kier alpha value is -1.03. The van der Waals surface area contributed by atoms with Gasteiger partial charge < -0.3 is 10.1 Å². The minimum Gasteiger partial charge on any atom is -0.461 e. The van der Waals surface area contributed by atoms with Gasteiger partial charge in [-0.1, -0.05) is 89.7 Å². The number of anilines is 1. The Bertz CT molecular complexity index is 462. The number of carbonyl (C=O) groups excluding carboxylic acids is 1. The van der Waals surface area contributed by atoms with Gasteiger partial charge >= 0.3 is 5.97 Å². The number of nitrogens with one attached hydrogen (secondary N) is 1. The second-order valence-corrected chi connectivity index (χ2v) is 7.29. The van der Waals surface area contributed by atoms with E-state index in [1.54, 1.807) is 0 Å². The van der Waals surface area contributed by atoms with Crippen LogP contribution >= 0.6 is 17.0 Å². The summed E-state index contributed by atoms with van der Waals surface area (Å²) >= 11 is 0. The molecule has 0 bridgehead atoms. The summed E-state index contributed by atoms with van der Waals surface area (Å²) < 4.78 is 4.99. The van der Waals surface area contributed by atoms with E-state index >= 15 is 0 Å². The lowest BCUT2D eigenvalue weighted by Gasteiger charge is -2.08. The maximum absolute atomic E-state index is 10.8. The highest BCUT2D eigenvalue weighted by atomic mass is 79.9. The summed E-state index contributed by atoms with van der Waals surface area (Å²) in [7, 11) is 0. The van der Waals surface area contributed by atoms with E-state index in [2.05, 4.69) is 24.4 Å². The van der Waals surface area contributed by atoms with Gasteiger partial charge in [0.2, 0.25) is 0 Å². The summed E-state index contributed by atoms with van der Waals surface area (Å²) in [5.74, 6) is -0.237. The molecule has 0 atom stereocenters. The molecule has 1 aromatic rings. The lowest BCUT2D eigenvalue weighted by atomic mass is 10.1. The number of unbranched alkanes of at least 4 members (excludes halogenated alkanes) is 11. The number of ether oxygens (including phenoxy) is 1. The van der Waals surface area contributed by atoms with E-state index in [9.17, 15) is 4.79 Å². The average molecular weight is 442 g/mol. The van der Waals surface area contributed by atoms with Crippen molar-refractivity contribution in [2.24, 2.45) is 0 Å². The van der Waals surface area contributed by atoms with Gasteiger partial charge in [0.1, 0.15) is 6.61 Å². The van der Waals surface area contributed by atoms with Crippen LogP contribution in [0, 0.1) is 0 Å². The number of hydrogen-bond acceptors (Lipinski definition) is 3. The molecule has 0 spiro atoms. The summed E-state index contributed by atoms with van der Waals surface area (Å²) in [6, 6.07) is 8.12. The largest absolute Gasteiger partial charge is 0.461 e. The van der Waals surface area contributed by atoms with Crippen molar-refractivity contribution in [3.05, 3.63) is 29.8 Å². The van der Waals surface area contributed by atoms with Crippen molar-refractivity contribution in [3.63, 3.8) is 0 Å². The number of halogens is 1. The first kappa shape index (κ1) is 26.0. The Kier molecular flexibility index (Phi) is 17.6. The molecule has 27 heavy (non-hydrogen) atoms. The number of esters is 1. The Balaban J connectivity index is 0.00000676. The molecule has 0 amide bonds. The van der Waals surface area contributed by atoms with Crippen LogP contribution in [-0.2, 0) is 16.1 Å². The molecule has 4 heteroatoms. The van der Waals surface area contributed by atoms with Crippen LogP contribution in [0.3, 0.4) is 0 Å². The first-order chi connectivity index (χ1) is 12.7. The topological polar surface area (TPSA) is 38.3 Å². The molecule has 0 aliphatic heterocycles. The predicted molar refractivity (Wildman–Crippen MR) is 122 cm³/mol. The summed E-state index contributed by atoms with van der Waals surface area (Å²) in [5, 5.41) is 3.46. The molecule has 0 heterocycles. The molecule has 1 N–H and O–H groups in total. The monoisotopic (exact) mass is 441 g/mol. The van der Waals surface area contributed by atoms with Crippen molar-refractivity contribution < 1.29 is 9.53 Å². The van der Waals surface area contributed by atoms with Crippen molar-refractivity contribution in [1.29, 1.82) is 0 Å². The van der Waals surface area contributed by atoms with E-state index in [0.29, 0.717) is 6.61 Å².